The number of pyridine rings is 1. The predicted octanol–water partition coefficient (Wildman–Crippen LogP) is 1.50. The summed E-state index contributed by atoms with van der Waals surface area (Å²) in [5.41, 5.74) is 0.935. The van der Waals surface area contributed by atoms with E-state index in [2.05, 4.69) is 17.2 Å². The van der Waals surface area contributed by atoms with Crippen LogP contribution in [0.2, 0.25) is 0 Å². The van der Waals surface area contributed by atoms with E-state index in [0.717, 1.165) is 11.5 Å². The largest absolute Gasteiger partial charge is 0.387 e. The molecule has 0 aliphatic heterocycles. The summed E-state index contributed by atoms with van der Waals surface area (Å²) in [6.45, 7) is 2.90. The van der Waals surface area contributed by atoms with Gasteiger partial charge in [-0.05, 0) is 36.5 Å². The lowest BCUT2D eigenvalue weighted by molar-refractivity contribution is 0.149. The zero-order chi connectivity index (χ0) is 10.7. The minimum atomic E-state index is -0.413. The summed E-state index contributed by atoms with van der Waals surface area (Å²) >= 11 is 0. The molecule has 82 valence electrons. The van der Waals surface area contributed by atoms with E-state index in [1.54, 1.807) is 12.4 Å². The Hall–Kier alpha value is -0.930. The Morgan fingerprint density at radius 1 is 1.47 bits per heavy atom. The number of rotatable bonds is 4. The molecule has 1 aliphatic carbocycles. The third-order valence-electron chi connectivity index (χ3n) is 3.06. The van der Waals surface area contributed by atoms with Crippen molar-refractivity contribution < 1.29 is 5.11 Å². The van der Waals surface area contributed by atoms with Gasteiger partial charge in [-0.1, -0.05) is 6.92 Å². The highest BCUT2D eigenvalue weighted by molar-refractivity contribution is 5.13. The molecule has 0 bridgehead atoms. The highest BCUT2D eigenvalue weighted by atomic mass is 16.3. The fourth-order valence-corrected chi connectivity index (χ4v) is 2.05. The van der Waals surface area contributed by atoms with Gasteiger partial charge in [0, 0.05) is 25.0 Å². The average molecular weight is 206 g/mol. The average Bonchev–Trinajstić information content (AvgIpc) is 2.23. The molecule has 1 saturated carbocycles. The van der Waals surface area contributed by atoms with Gasteiger partial charge in [-0.2, -0.15) is 0 Å². The molecular weight excluding hydrogens is 188 g/mol. The summed E-state index contributed by atoms with van der Waals surface area (Å²) in [5.74, 6) is 0.848. The zero-order valence-electron chi connectivity index (χ0n) is 9.06. The fourth-order valence-electron chi connectivity index (χ4n) is 2.05. The molecule has 0 radical (unpaired) electrons. The van der Waals surface area contributed by atoms with Crippen LogP contribution in [-0.2, 0) is 0 Å². The first-order valence-corrected chi connectivity index (χ1v) is 5.57. The van der Waals surface area contributed by atoms with Gasteiger partial charge in [0.25, 0.3) is 0 Å². The molecule has 3 nitrogen and oxygen atoms in total. The van der Waals surface area contributed by atoms with Crippen molar-refractivity contribution in [3.8, 4) is 0 Å². The normalized spacial score (nSPS) is 27.1. The predicted molar refractivity (Wildman–Crippen MR) is 59.4 cm³/mol. The van der Waals surface area contributed by atoms with Crippen LogP contribution in [0.15, 0.2) is 24.5 Å². The van der Waals surface area contributed by atoms with Crippen molar-refractivity contribution in [2.75, 3.05) is 6.54 Å². The molecule has 15 heavy (non-hydrogen) atoms. The number of aliphatic hydroxyl groups is 1. The van der Waals surface area contributed by atoms with Crippen LogP contribution in [0.25, 0.3) is 0 Å². The summed E-state index contributed by atoms with van der Waals surface area (Å²) < 4.78 is 0. The molecule has 1 aromatic heterocycles. The Kier molecular flexibility index (Phi) is 3.34. The first kappa shape index (κ1) is 10.6. The molecule has 0 saturated heterocycles. The molecule has 2 N–H and O–H groups in total. The Morgan fingerprint density at radius 2 is 2.13 bits per heavy atom. The van der Waals surface area contributed by atoms with Gasteiger partial charge in [0.1, 0.15) is 0 Å². The second kappa shape index (κ2) is 4.73. The number of hydrogen-bond donors (Lipinski definition) is 2. The number of aliphatic hydroxyl groups excluding tert-OH is 1. The Labute approximate surface area is 90.5 Å². The van der Waals surface area contributed by atoms with Crippen LogP contribution < -0.4 is 5.32 Å². The maximum absolute atomic E-state index is 9.86. The number of hydrogen-bond acceptors (Lipinski definition) is 3. The zero-order valence-corrected chi connectivity index (χ0v) is 9.06. The highest BCUT2D eigenvalue weighted by Gasteiger charge is 2.25. The van der Waals surface area contributed by atoms with Crippen LogP contribution in [0.4, 0.5) is 0 Å². The third kappa shape index (κ3) is 2.76. The summed E-state index contributed by atoms with van der Waals surface area (Å²) in [6.07, 6.45) is 5.49. The molecule has 1 atom stereocenters. The van der Waals surface area contributed by atoms with Gasteiger partial charge in [-0.3, -0.25) is 4.98 Å². The van der Waals surface area contributed by atoms with Gasteiger partial charge in [-0.15, -0.1) is 0 Å². The van der Waals surface area contributed by atoms with E-state index in [9.17, 15) is 5.11 Å². The lowest BCUT2D eigenvalue weighted by Crippen LogP contribution is -2.41. The van der Waals surface area contributed by atoms with E-state index in [0.29, 0.717) is 12.6 Å². The molecule has 3 heteroatoms. The van der Waals surface area contributed by atoms with E-state index in [-0.39, 0.29) is 0 Å². The number of aromatic nitrogens is 1. The van der Waals surface area contributed by atoms with Gasteiger partial charge in [0.05, 0.1) is 6.10 Å². The summed E-state index contributed by atoms with van der Waals surface area (Å²) in [4.78, 5) is 3.93. The molecule has 1 heterocycles. The lowest BCUT2D eigenvalue weighted by atomic mass is 9.82. The molecule has 1 fully saturated rings. The Bertz CT molecular complexity index is 296. The van der Waals surface area contributed by atoms with Crippen molar-refractivity contribution in [2.45, 2.75) is 31.9 Å². The van der Waals surface area contributed by atoms with Crippen molar-refractivity contribution >= 4 is 0 Å². The molecule has 1 aliphatic rings. The van der Waals surface area contributed by atoms with Crippen LogP contribution in [-0.4, -0.2) is 22.7 Å². The second-order valence-corrected chi connectivity index (χ2v) is 4.48. The summed E-state index contributed by atoms with van der Waals surface area (Å²) in [7, 11) is 0. The Balaban J connectivity index is 1.75. The van der Waals surface area contributed by atoms with E-state index in [1.807, 2.05) is 12.1 Å². The molecule has 1 aromatic rings. The van der Waals surface area contributed by atoms with Gasteiger partial charge >= 0.3 is 0 Å². The molecule has 2 rings (SSSR count). The van der Waals surface area contributed by atoms with Crippen molar-refractivity contribution in [3.63, 3.8) is 0 Å². The summed E-state index contributed by atoms with van der Waals surface area (Å²) in [5, 5.41) is 13.2. The number of nitrogens with one attached hydrogen (secondary N) is 1. The van der Waals surface area contributed by atoms with Crippen LogP contribution in [0.3, 0.4) is 0 Å². The molecular formula is C12H18N2O. The van der Waals surface area contributed by atoms with Crippen molar-refractivity contribution in [3.05, 3.63) is 30.1 Å². The quantitative estimate of drug-likeness (QED) is 0.784. The van der Waals surface area contributed by atoms with E-state index in [4.69, 9.17) is 0 Å². The van der Waals surface area contributed by atoms with E-state index in [1.165, 1.54) is 12.8 Å². The van der Waals surface area contributed by atoms with Gasteiger partial charge < -0.3 is 10.4 Å². The minimum absolute atomic E-state index is 0.413. The monoisotopic (exact) mass is 206 g/mol. The standard InChI is InChI=1S/C12H18N2O/c1-9-6-11(7-9)14-8-12(15)10-2-4-13-5-3-10/h2-5,9,11-12,14-15H,6-8H2,1H3. The first-order valence-electron chi connectivity index (χ1n) is 5.57. The van der Waals surface area contributed by atoms with Crippen LogP contribution in [0.1, 0.15) is 31.4 Å². The maximum Gasteiger partial charge on any atom is 0.0915 e. The SMILES string of the molecule is CC1CC(NCC(O)c2ccncc2)C1. The lowest BCUT2D eigenvalue weighted by Gasteiger charge is -2.34. The van der Waals surface area contributed by atoms with Crippen LogP contribution in [0, 0.1) is 5.92 Å². The van der Waals surface area contributed by atoms with Crippen molar-refractivity contribution in [1.82, 2.24) is 10.3 Å². The smallest absolute Gasteiger partial charge is 0.0915 e. The van der Waals surface area contributed by atoms with Crippen molar-refractivity contribution in [2.24, 2.45) is 5.92 Å². The van der Waals surface area contributed by atoms with Crippen LogP contribution >= 0.6 is 0 Å². The molecule has 0 amide bonds. The third-order valence-corrected chi connectivity index (χ3v) is 3.06. The minimum Gasteiger partial charge on any atom is -0.387 e. The number of nitrogens with zero attached hydrogens (tertiary/aromatic N) is 1. The van der Waals surface area contributed by atoms with Gasteiger partial charge in [0.15, 0.2) is 0 Å². The first-order chi connectivity index (χ1) is 7.25. The van der Waals surface area contributed by atoms with Gasteiger partial charge in [-0.25, -0.2) is 0 Å². The van der Waals surface area contributed by atoms with Crippen LogP contribution in [0.5, 0.6) is 0 Å². The van der Waals surface area contributed by atoms with Gasteiger partial charge in [0.2, 0.25) is 0 Å². The summed E-state index contributed by atoms with van der Waals surface area (Å²) in [6, 6.07) is 4.32. The Morgan fingerprint density at radius 3 is 2.73 bits per heavy atom. The molecule has 0 spiro atoms. The second-order valence-electron chi connectivity index (χ2n) is 4.48. The maximum atomic E-state index is 9.86. The van der Waals surface area contributed by atoms with E-state index >= 15 is 0 Å². The molecule has 1 unspecified atom stereocenters. The topological polar surface area (TPSA) is 45.1 Å². The van der Waals surface area contributed by atoms with E-state index < -0.39 is 6.10 Å². The molecule has 0 aromatic carbocycles. The fraction of sp³-hybridized carbons (Fsp3) is 0.583. The van der Waals surface area contributed by atoms with Crippen molar-refractivity contribution in [1.29, 1.82) is 0 Å². The highest BCUT2D eigenvalue weighted by Crippen LogP contribution is 2.26.